The second-order valence-corrected chi connectivity index (χ2v) is 3.88. The Morgan fingerprint density at radius 2 is 2.13 bits per heavy atom. The van der Waals surface area contributed by atoms with Gasteiger partial charge in [0.05, 0.1) is 6.10 Å². The van der Waals surface area contributed by atoms with Crippen LogP contribution in [0.25, 0.3) is 0 Å². The normalized spacial score (nSPS) is 22.2. The van der Waals surface area contributed by atoms with Gasteiger partial charge in [0, 0.05) is 27.4 Å². The van der Waals surface area contributed by atoms with Crippen LogP contribution in [0.1, 0.15) is 25.7 Å². The Labute approximate surface area is 92.3 Å². The number of hydrogen-bond donors (Lipinski definition) is 1. The van der Waals surface area contributed by atoms with Crippen LogP contribution in [0.5, 0.6) is 0 Å². The van der Waals surface area contributed by atoms with E-state index in [9.17, 15) is 0 Å². The molecule has 1 saturated heterocycles. The molecule has 0 aliphatic carbocycles. The summed E-state index contributed by atoms with van der Waals surface area (Å²) in [7, 11) is 3.31. The summed E-state index contributed by atoms with van der Waals surface area (Å²) in [5.41, 5.74) is 0. The molecular weight excluding hydrogens is 194 g/mol. The van der Waals surface area contributed by atoms with Crippen LogP contribution in [-0.2, 0) is 14.2 Å². The average Bonchev–Trinajstić information content (AvgIpc) is 2.31. The summed E-state index contributed by atoms with van der Waals surface area (Å²) in [6.45, 7) is 2.64. The highest BCUT2D eigenvalue weighted by molar-refractivity contribution is 4.65. The second-order valence-electron chi connectivity index (χ2n) is 3.88. The van der Waals surface area contributed by atoms with Gasteiger partial charge in [-0.15, -0.1) is 0 Å². The number of ether oxygens (including phenoxy) is 3. The van der Waals surface area contributed by atoms with Gasteiger partial charge in [-0.1, -0.05) is 0 Å². The minimum atomic E-state index is -0.141. The number of nitrogens with one attached hydrogen (secondary N) is 1. The summed E-state index contributed by atoms with van der Waals surface area (Å²) in [5, 5.41) is 3.30. The Morgan fingerprint density at radius 1 is 1.33 bits per heavy atom. The predicted octanol–water partition coefficient (Wildman–Crippen LogP) is 1.15. The van der Waals surface area contributed by atoms with Crippen molar-refractivity contribution in [3.8, 4) is 0 Å². The van der Waals surface area contributed by atoms with Gasteiger partial charge in [-0.25, -0.2) is 0 Å². The van der Waals surface area contributed by atoms with Gasteiger partial charge in [0.15, 0.2) is 6.29 Å². The highest BCUT2D eigenvalue weighted by atomic mass is 16.7. The second kappa shape index (κ2) is 8.05. The van der Waals surface area contributed by atoms with E-state index in [4.69, 9.17) is 14.2 Å². The first-order valence-electron chi connectivity index (χ1n) is 5.74. The van der Waals surface area contributed by atoms with Crippen LogP contribution in [0.4, 0.5) is 0 Å². The number of rotatable bonds is 7. The van der Waals surface area contributed by atoms with Crippen LogP contribution in [0, 0.1) is 0 Å². The topological polar surface area (TPSA) is 39.7 Å². The predicted molar refractivity (Wildman–Crippen MR) is 58.9 cm³/mol. The molecule has 1 fully saturated rings. The van der Waals surface area contributed by atoms with Crippen molar-refractivity contribution in [3.63, 3.8) is 0 Å². The van der Waals surface area contributed by atoms with Crippen molar-refractivity contribution in [1.29, 1.82) is 0 Å². The summed E-state index contributed by atoms with van der Waals surface area (Å²) in [5.74, 6) is 0. The third-order valence-corrected chi connectivity index (χ3v) is 2.75. The molecule has 0 saturated carbocycles. The fourth-order valence-corrected chi connectivity index (χ4v) is 1.78. The fourth-order valence-electron chi connectivity index (χ4n) is 1.78. The molecule has 4 nitrogen and oxygen atoms in total. The monoisotopic (exact) mass is 217 g/mol. The lowest BCUT2D eigenvalue weighted by Crippen LogP contribution is -2.32. The molecule has 15 heavy (non-hydrogen) atoms. The van der Waals surface area contributed by atoms with Gasteiger partial charge < -0.3 is 19.5 Å². The van der Waals surface area contributed by atoms with Crippen molar-refractivity contribution in [2.75, 3.05) is 33.9 Å². The lowest BCUT2D eigenvalue weighted by molar-refractivity contribution is -0.0990. The molecule has 4 heteroatoms. The summed E-state index contributed by atoms with van der Waals surface area (Å²) in [6, 6.07) is 0. The van der Waals surface area contributed by atoms with Crippen LogP contribution >= 0.6 is 0 Å². The molecule has 0 bridgehead atoms. The Balaban J connectivity index is 1.95. The smallest absolute Gasteiger partial charge is 0.169 e. The van der Waals surface area contributed by atoms with Gasteiger partial charge in [0.2, 0.25) is 0 Å². The minimum Gasteiger partial charge on any atom is -0.378 e. The summed E-state index contributed by atoms with van der Waals surface area (Å²) < 4.78 is 15.8. The molecule has 0 amide bonds. The van der Waals surface area contributed by atoms with E-state index in [2.05, 4.69) is 5.32 Å². The van der Waals surface area contributed by atoms with Gasteiger partial charge in [-0.2, -0.15) is 0 Å². The highest BCUT2D eigenvalue weighted by Crippen LogP contribution is 2.14. The third kappa shape index (κ3) is 5.47. The first kappa shape index (κ1) is 12.9. The largest absolute Gasteiger partial charge is 0.378 e. The minimum absolute atomic E-state index is 0.141. The van der Waals surface area contributed by atoms with Gasteiger partial charge in [0.1, 0.15) is 0 Å². The van der Waals surface area contributed by atoms with E-state index in [-0.39, 0.29) is 6.29 Å². The van der Waals surface area contributed by atoms with E-state index >= 15 is 0 Å². The lowest BCUT2D eigenvalue weighted by atomic mass is 10.1. The van der Waals surface area contributed by atoms with E-state index in [0.717, 1.165) is 26.1 Å². The molecule has 0 aromatic heterocycles. The van der Waals surface area contributed by atoms with Crippen LogP contribution in [0.2, 0.25) is 0 Å². The maximum atomic E-state index is 5.64. The van der Waals surface area contributed by atoms with Crippen LogP contribution in [-0.4, -0.2) is 46.3 Å². The molecule has 1 unspecified atom stereocenters. The Bertz CT molecular complexity index is 145. The third-order valence-electron chi connectivity index (χ3n) is 2.75. The van der Waals surface area contributed by atoms with E-state index < -0.39 is 0 Å². The van der Waals surface area contributed by atoms with Crippen molar-refractivity contribution in [2.45, 2.75) is 38.1 Å². The van der Waals surface area contributed by atoms with E-state index in [1.807, 2.05) is 0 Å². The van der Waals surface area contributed by atoms with Crippen molar-refractivity contribution < 1.29 is 14.2 Å². The molecule has 0 spiro atoms. The molecule has 1 rings (SSSR count). The Kier molecular flexibility index (Phi) is 6.92. The molecule has 1 aliphatic heterocycles. The first-order chi connectivity index (χ1) is 7.36. The molecule has 0 aromatic rings. The van der Waals surface area contributed by atoms with E-state index in [1.54, 1.807) is 14.2 Å². The molecule has 1 aliphatic rings. The van der Waals surface area contributed by atoms with Gasteiger partial charge in [-0.05, 0) is 32.2 Å². The lowest BCUT2D eigenvalue weighted by Gasteiger charge is -2.23. The van der Waals surface area contributed by atoms with Gasteiger partial charge >= 0.3 is 0 Å². The average molecular weight is 217 g/mol. The summed E-state index contributed by atoms with van der Waals surface area (Å²) in [6.07, 6.45) is 5.13. The summed E-state index contributed by atoms with van der Waals surface area (Å²) in [4.78, 5) is 0. The molecule has 1 heterocycles. The van der Waals surface area contributed by atoms with E-state index in [0.29, 0.717) is 6.10 Å². The SMILES string of the molecule is COC(CNCCC1CCCCO1)OC. The number of hydrogen-bond acceptors (Lipinski definition) is 4. The molecule has 0 aromatic carbocycles. The van der Waals surface area contributed by atoms with Crippen molar-refractivity contribution in [3.05, 3.63) is 0 Å². The first-order valence-corrected chi connectivity index (χ1v) is 5.74. The standard InChI is InChI=1S/C11H23NO3/c1-13-11(14-2)9-12-7-6-10-5-3-4-8-15-10/h10-12H,3-9H2,1-2H3. The quantitative estimate of drug-likeness (QED) is 0.513. The number of methoxy groups -OCH3 is 2. The summed E-state index contributed by atoms with van der Waals surface area (Å²) >= 11 is 0. The Hall–Kier alpha value is -0.160. The van der Waals surface area contributed by atoms with Crippen molar-refractivity contribution in [1.82, 2.24) is 5.32 Å². The zero-order valence-electron chi connectivity index (χ0n) is 9.83. The maximum absolute atomic E-state index is 5.64. The maximum Gasteiger partial charge on any atom is 0.169 e. The fraction of sp³-hybridized carbons (Fsp3) is 1.00. The molecule has 1 atom stereocenters. The highest BCUT2D eigenvalue weighted by Gasteiger charge is 2.13. The molecule has 0 radical (unpaired) electrons. The zero-order chi connectivity index (χ0) is 10.9. The van der Waals surface area contributed by atoms with Crippen molar-refractivity contribution >= 4 is 0 Å². The molecule has 90 valence electrons. The van der Waals surface area contributed by atoms with Gasteiger partial charge in [0.25, 0.3) is 0 Å². The van der Waals surface area contributed by atoms with Crippen LogP contribution < -0.4 is 5.32 Å². The van der Waals surface area contributed by atoms with Crippen LogP contribution in [0.15, 0.2) is 0 Å². The Morgan fingerprint density at radius 3 is 2.73 bits per heavy atom. The van der Waals surface area contributed by atoms with Gasteiger partial charge in [-0.3, -0.25) is 0 Å². The molecule has 1 N–H and O–H groups in total. The van der Waals surface area contributed by atoms with Crippen molar-refractivity contribution in [2.24, 2.45) is 0 Å². The molecular formula is C11H23NO3. The zero-order valence-corrected chi connectivity index (χ0v) is 9.83. The van der Waals surface area contributed by atoms with Crippen LogP contribution in [0.3, 0.4) is 0 Å². The van der Waals surface area contributed by atoms with E-state index in [1.165, 1.54) is 19.3 Å².